The Labute approximate surface area is 328 Å². The van der Waals surface area contributed by atoms with Crippen molar-refractivity contribution in [1.82, 2.24) is 15.0 Å². The number of fused-ring (bicyclic) bond motifs is 9. The number of ketones is 1. The molecule has 0 spiro atoms. The first kappa shape index (κ1) is 34.4. The molecule has 2 unspecified atom stereocenters. The Kier molecular flexibility index (Phi) is 8.59. The number of carbonyl (C=O) groups is 3. The molecule has 10 rings (SSSR count). The Morgan fingerprint density at radius 1 is 0.456 bits per heavy atom. The summed E-state index contributed by atoms with van der Waals surface area (Å²) in [5, 5.41) is 15.4. The van der Waals surface area contributed by atoms with E-state index in [4.69, 9.17) is 15.0 Å². The van der Waals surface area contributed by atoms with Crippen LogP contribution < -0.4 is 10.6 Å². The summed E-state index contributed by atoms with van der Waals surface area (Å²) in [7, 11) is 0. The maximum absolute atomic E-state index is 14.2. The second-order valence-corrected chi connectivity index (χ2v) is 15.3. The van der Waals surface area contributed by atoms with Crippen LogP contribution in [0.2, 0.25) is 0 Å². The normalized spacial score (nSPS) is 17.0. The SMILES string of the molecule is O=C(Cc1cnc2c(ccc3ccccc32)c1)C1CC(C(=O)Nc2cnc3c(ccc4ccccc43)c2)CC(C(=O)Nc2cnc3c(ccc4ccccc43)c2)C1. The minimum absolute atomic E-state index is 0.00857. The van der Waals surface area contributed by atoms with Crippen LogP contribution in [0.15, 0.2) is 146 Å². The summed E-state index contributed by atoms with van der Waals surface area (Å²) in [4.78, 5) is 56.5. The molecular formula is C49H37N5O3. The predicted octanol–water partition coefficient (Wildman–Crippen LogP) is 10.2. The van der Waals surface area contributed by atoms with Crippen molar-refractivity contribution in [3.05, 3.63) is 152 Å². The molecule has 2 amide bonds. The van der Waals surface area contributed by atoms with E-state index in [9.17, 15) is 14.4 Å². The Morgan fingerprint density at radius 3 is 1.32 bits per heavy atom. The third kappa shape index (κ3) is 6.59. The van der Waals surface area contributed by atoms with Gasteiger partial charge >= 0.3 is 0 Å². The van der Waals surface area contributed by atoms with Gasteiger partial charge in [-0.2, -0.15) is 0 Å². The Hall–Kier alpha value is -7.06. The summed E-state index contributed by atoms with van der Waals surface area (Å²) in [5.41, 5.74) is 4.56. The fourth-order valence-corrected chi connectivity index (χ4v) is 8.74. The van der Waals surface area contributed by atoms with Gasteiger partial charge in [-0.3, -0.25) is 29.3 Å². The molecule has 0 aliphatic heterocycles. The van der Waals surface area contributed by atoms with Crippen molar-refractivity contribution < 1.29 is 14.4 Å². The van der Waals surface area contributed by atoms with Crippen molar-refractivity contribution in [2.75, 3.05) is 10.6 Å². The van der Waals surface area contributed by atoms with Gasteiger partial charge in [0, 0.05) is 62.7 Å². The van der Waals surface area contributed by atoms with Crippen molar-refractivity contribution in [3.8, 4) is 0 Å². The molecule has 1 fully saturated rings. The topological polar surface area (TPSA) is 114 Å². The number of Topliss-reactive ketones (excluding diaryl/α,β-unsaturated/α-hetero) is 1. The van der Waals surface area contributed by atoms with Crippen LogP contribution in [0.3, 0.4) is 0 Å². The summed E-state index contributed by atoms with van der Waals surface area (Å²) in [6, 6.07) is 42.4. The van der Waals surface area contributed by atoms with E-state index in [-0.39, 0.29) is 24.0 Å². The molecule has 2 atom stereocenters. The molecule has 3 heterocycles. The first-order chi connectivity index (χ1) is 27.9. The number of anilines is 2. The summed E-state index contributed by atoms with van der Waals surface area (Å²) < 4.78 is 0. The van der Waals surface area contributed by atoms with Gasteiger partial charge in [0.1, 0.15) is 5.78 Å². The number of carbonyl (C=O) groups excluding carboxylic acids is 3. The highest BCUT2D eigenvalue weighted by atomic mass is 16.2. The monoisotopic (exact) mass is 743 g/mol. The van der Waals surface area contributed by atoms with Gasteiger partial charge in [-0.05, 0) is 59.2 Å². The maximum Gasteiger partial charge on any atom is 0.227 e. The van der Waals surface area contributed by atoms with Crippen LogP contribution in [0.25, 0.3) is 65.0 Å². The van der Waals surface area contributed by atoms with Crippen LogP contribution in [0.4, 0.5) is 11.4 Å². The number of nitrogens with one attached hydrogen (secondary N) is 2. The molecule has 8 nitrogen and oxygen atoms in total. The lowest BCUT2D eigenvalue weighted by atomic mass is 9.72. The van der Waals surface area contributed by atoms with Gasteiger partial charge < -0.3 is 10.6 Å². The van der Waals surface area contributed by atoms with E-state index in [0.29, 0.717) is 30.6 Å². The van der Waals surface area contributed by atoms with Gasteiger partial charge in [-0.25, -0.2) is 0 Å². The van der Waals surface area contributed by atoms with E-state index in [1.807, 2.05) is 97.1 Å². The molecule has 1 aliphatic carbocycles. The number of amides is 2. The zero-order valence-electron chi connectivity index (χ0n) is 31.0. The van der Waals surface area contributed by atoms with Gasteiger partial charge in [0.15, 0.2) is 0 Å². The summed E-state index contributed by atoms with van der Waals surface area (Å²) >= 11 is 0. The molecule has 8 heteroatoms. The average Bonchev–Trinajstić information content (AvgIpc) is 3.25. The van der Waals surface area contributed by atoms with Gasteiger partial charge in [0.2, 0.25) is 11.8 Å². The zero-order chi connectivity index (χ0) is 38.5. The summed E-state index contributed by atoms with van der Waals surface area (Å²) in [5.74, 6) is -2.11. The molecule has 1 aliphatic rings. The van der Waals surface area contributed by atoms with Crippen molar-refractivity contribution >= 4 is 94.0 Å². The van der Waals surface area contributed by atoms with Crippen LogP contribution in [0.5, 0.6) is 0 Å². The van der Waals surface area contributed by atoms with Crippen molar-refractivity contribution in [2.45, 2.75) is 25.7 Å². The third-order valence-corrected chi connectivity index (χ3v) is 11.6. The number of benzene rings is 6. The molecule has 3 aromatic heterocycles. The van der Waals surface area contributed by atoms with E-state index < -0.39 is 17.8 Å². The van der Waals surface area contributed by atoms with Crippen LogP contribution >= 0.6 is 0 Å². The molecule has 6 aromatic carbocycles. The largest absolute Gasteiger partial charge is 0.324 e. The second kappa shape index (κ2) is 14.2. The summed E-state index contributed by atoms with van der Waals surface area (Å²) in [6.45, 7) is 0. The summed E-state index contributed by atoms with van der Waals surface area (Å²) in [6.07, 6.45) is 6.28. The molecule has 0 bridgehead atoms. The van der Waals surface area contributed by atoms with E-state index >= 15 is 0 Å². The zero-order valence-corrected chi connectivity index (χ0v) is 31.0. The van der Waals surface area contributed by atoms with Gasteiger partial charge in [0.25, 0.3) is 0 Å². The third-order valence-electron chi connectivity index (χ3n) is 11.6. The molecule has 9 aromatic rings. The highest BCUT2D eigenvalue weighted by Gasteiger charge is 2.39. The minimum Gasteiger partial charge on any atom is -0.324 e. The quantitative estimate of drug-likeness (QED) is 0.157. The van der Waals surface area contributed by atoms with Crippen LogP contribution in [0.1, 0.15) is 24.8 Å². The molecular weight excluding hydrogens is 707 g/mol. The highest BCUT2D eigenvalue weighted by molar-refractivity contribution is 6.08. The number of hydrogen-bond acceptors (Lipinski definition) is 6. The van der Waals surface area contributed by atoms with E-state index in [2.05, 4.69) is 41.0 Å². The fourth-order valence-electron chi connectivity index (χ4n) is 8.74. The van der Waals surface area contributed by atoms with E-state index in [0.717, 1.165) is 70.6 Å². The molecule has 2 N–H and O–H groups in total. The van der Waals surface area contributed by atoms with Crippen molar-refractivity contribution in [2.24, 2.45) is 17.8 Å². The number of rotatable bonds is 7. The predicted molar refractivity (Wildman–Crippen MR) is 228 cm³/mol. The molecule has 276 valence electrons. The van der Waals surface area contributed by atoms with Gasteiger partial charge in [-0.1, -0.05) is 109 Å². The maximum atomic E-state index is 14.2. The second-order valence-electron chi connectivity index (χ2n) is 15.3. The van der Waals surface area contributed by atoms with Crippen molar-refractivity contribution in [1.29, 1.82) is 0 Å². The highest BCUT2D eigenvalue weighted by Crippen LogP contribution is 2.37. The minimum atomic E-state index is -0.571. The standard InChI is InChI=1S/C49H37N5O3/c55-44(20-29-19-33-16-13-30-7-1-4-10-41(30)45(33)50-26-29)36-21-37(48(56)53-39-24-34-17-14-31-8-2-5-11-42(31)46(34)51-27-39)23-38(22-36)49(57)54-40-25-35-18-15-32-9-3-6-12-43(32)47(35)52-28-40/h1-19,24-28,36-38H,20-23H2,(H,53,56)(H,54,57). The van der Waals surface area contributed by atoms with Crippen LogP contribution in [-0.4, -0.2) is 32.5 Å². The lowest BCUT2D eigenvalue weighted by Crippen LogP contribution is -2.39. The van der Waals surface area contributed by atoms with E-state index in [1.165, 1.54) is 0 Å². The Bertz CT molecular complexity index is 2750. The Balaban J connectivity index is 0.917. The van der Waals surface area contributed by atoms with Gasteiger partial charge in [0.05, 0.1) is 40.3 Å². The molecule has 57 heavy (non-hydrogen) atoms. The van der Waals surface area contributed by atoms with Gasteiger partial charge in [-0.15, -0.1) is 0 Å². The first-order valence-electron chi connectivity index (χ1n) is 19.4. The van der Waals surface area contributed by atoms with E-state index in [1.54, 1.807) is 18.6 Å². The van der Waals surface area contributed by atoms with Crippen LogP contribution in [-0.2, 0) is 20.8 Å². The smallest absolute Gasteiger partial charge is 0.227 e. The number of hydrogen-bond donors (Lipinski definition) is 2. The number of nitrogens with zero attached hydrogens (tertiary/aromatic N) is 3. The van der Waals surface area contributed by atoms with Crippen LogP contribution in [0, 0.1) is 17.8 Å². The van der Waals surface area contributed by atoms with Crippen molar-refractivity contribution in [3.63, 3.8) is 0 Å². The molecule has 0 saturated heterocycles. The lowest BCUT2D eigenvalue weighted by molar-refractivity contribution is -0.130. The average molecular weight is 744 g/mol. The number of aromatic nitrogens is 3. The molecule has 0 radical (unpaired) electrons. The fraction of sp³-hybridized carbons (Fsp3) is 0.143. The Morgan fingerprint density at radius 2 is 0.842 bits per heavy atom. The lowest BCUT2D eigenvalue weighted by Gasteiger charge is -2.33. The first-order valence-corrected chi connectivity index (χ1v) is 19.4. The molecule has 1 saturated carbocycles. The number of pyridine rings is 3.